The number of carboxylic acid groups (broad SMARTS) is 1. The van der Waals surface area contributed by atoms with E-state index in [1.807, 2.05) is 0 Å². The second kappa shape index (κ2) is 65.7. The third kappa shape index (κ3) is 41.0. The molecule has 10 rings (SSSR count). The van der Waals surface area contributed by atoms with Gasteiger partial charge in [0.15, 0.2) is 67.9 Å². The van der Waals surface area contributed by atoms with Gasteiger partial charge in [-0.1, -0.05) is 36.6 Å². The number of ether oxygens (including phenoxy) is 21. The number of carbonyl (C=O) groups excluding carboxylic acids is 4. The van der Waals surface area contributed by atoms with Gasteiger partial charge in [-0.3, -0.25) is 14.4 Å². The monoisotopic (exact) mass is 2110 g/mol. The van der Waals surface area contributed by atoms with Gasteiger partial charge in [-0.15, -0.1) is 0 Å². The van der Waals surface area contributed by atoms with Crippen molar-refractivity contribution in [2.75, 3.05) is 152 Å². The van der Waals surface area contributed by atoms with Crippen LogP contribution in [0.5, 0.6) is 69.0 Å². The van der Waals surface area contributed by atoms with E-state index in [9.17, 15) is 29.1 Å². The average molecular weight is 2110 g/mol. The van der Waals surface area contributed by atoms with E-state index in [-0.39, 0.29) is 131 Å². The summed E-state index contributed by atoms with van der Waals surface area (Å²) < 4.78 is 137. The Kier molecular flexibility index (Phi) is 59.6. The fraction of sp³-hybridized carbons (Fsp3) is 0.471. The normalized spacial score (nSPS) is 13.5. The molecule has 0 aromatic heterocycles. The zero-order valence-corrected chi connectivity index (χ0v) is 81.6. The summed E-state index contributed by atoms with van der Waals surface area (Å²) in [6.07, 6.45) is 18.0. The summed E-state index contributed by atoms with van der Waals surface area (Å²) in [7, 11) is 16.7. The standard InChI is InChI=1S/C16H22O5.C16H20O5.C11H19BO2.C11H13BrO6.C11H15BrO5.C11H13BrO5.C7H5BrO4.C2H5ClO.Mn.2O/c2*1-18-10-20-14-7-12(9-17)8-15(21-11-19-2)16(14)13-5-3-4-6-13;1-10(2)11(3,4)14-12(13-10)9-7-5-6-8-9;1-15-5-17-9-4-7(3-8(13)10(9)12)11(14)18-6-16-2;2*1-14-6-16-9-3-8(5-13)4-10(11(9)12)17-7-15-2;8-6-4(9)1-3(7(11)12)2-5(6)10;1-4-2-3;;;/h7-9,13H,3-6,10-11H2,1-2H3;5,7-9H,3-4,6,10-11H2,1-2H3;7H,5-6,8H2,1-4H3;3-4,13H,5-6H2,1-2H3;3-4,13H,5-7H2,1-2H3;3-5H,6-7H2,1-2H3;1-2,9-10H,(H,11,12);2H2,1H3;;;. The molecular weight excluding hydrogens is 2000 g/mol. The van der Waals surface area contributed by atoms with Crippen LogP contribution in [-0.4, -0.2) is 227 Å². The number of aliphatic hydroxyl groups excluding tert-OH is 1. The van der Waals surface area contributed by atoms with E-state index in [1.54, 1.807) is 84.1 Å². The zero-order chi connectivity index (χ0) is 94.9. The molecule has 1 saturated carbocycles. The zero-order valence-electron chi connectivity index (χ0n) is 73.3. The molecule has 707 valence electrons. The average Bonchev–Trinajstić information content (AvgIpc) is 1.68. The van der Waals surface area contributed by atoms with Crippen molar-refractivity contribution < 1.29 is 181 Å². The Bertz CT molecular complexity index is 4240. The van der Waals surface area contributed by atoms with Crippen molar-refractivity contribution in [3.8, 4) is 69.0 Å². The maximum atomic E-state index is 11.6. The summed E-state index contributed by atoms with van der Waals surface area (Å²) in [6.45, 7) is 9.08. The van der Waals surface area contributed by atoms with E-state index < -0.39 is 26.8 Å². The van der Waals surface area contributed by atoms with E-state index >= 15 is 0 Å². The van der Waals surface area contributed by atoms with Gasteiger partial charge in [-0.25, -0.2) is 9.59 Å². The molecule has 0 spiro atoms. The number of carbonyl (C=O) groups is 5. The van der Waals surface area contributed by atoms with Crippen LogP contribution in [0.3, 0.4) is 0 Å². The van der Waals surface area contributed by atoms with Gasteiger partial charge in [0.2, 0.25) is 0 Å². The molecule has 4 aliphatic rings. The number of carboxylic acids is 1. The number of allylic oxidation sites excluding steroid dienone is 4. The summed E-state index contributed by atoms with van der Waals surface area (Å²) in [5, 5.41) is 45.4. The molecule has 0 unspecified atom stereocenters. The number of phenols is 3. The van der Waals surface area contributed by atoms with Crippen LogP contribution in [0, 0.1) is 0 Å². The van der Waals surface area contributed by atoms with Crippen molar-refractivity contribution in [3.05, 3.63) is 153 Å². The van der Waals surface area contributed by atoms with E-state index in [4.69, 9.17) is 139 Å². The molecule has 5 N–H and O–H groups in total. The van der Waals surface area contributed by atoms with Gasteiger partial charge in [0.25, 0.3) is 0 Å². The Labute approximate surface area is 783 Å². The van der Waals surface area contributed by atoms with Gasteiger partial charge in [-0.2, -0.15) is 0 Å². The van der Waals surface area contributed by atoms with Crippen LogP contribution in [0.15, 0.2) is 108 Å². The van der Waals surface area contributed by atoms with Gasteiger partial charge in [-0.05, 0) is 238 Å². The molecule has 0 bridgehead atoms. The van der Waals surface area contributed by atoms with E-state index in [0.717, 1.165) is 74.4 Å². The molecule has 0 atom stereocenters. The quantitative estimate of drug-likeness (QED) is 0.00786. The predicted molar refractivity (Wildman–Crippen MR) is 473 cm³/mol. The number of phenolic OH excluding ortho intramolecular Hbond substituents is 3. The summed E-state index contributed by atoms with van der Waals surface area (Å²) in [4.78, 5) is 55.0. The Morgan fingerprint density at radius 1 is 0.449 bits per heavy atom. The Morgan fingerprint density at radius 2 is 0.772 bits per heavy atom. The molecule has 0 amide bonds. The number of rotatable bonds is 39. The minimum absolute atomic E-state index is 0.00535. The molecule has 6 aromatic carbocycles. The Balaban J connectivity index is 0.000000498. The van der Waals surface area contributed by atoms with Gasteiger partial charge in [0.05, 0.1) is 34.5 Å². The number of halogens is 5. The topological polar surface area (TPSA) is 433 Å². The third-order valence-electron chi connectivity index (χ3n) is 17.6. The number of aromatic hydroxyl groups is 3. The van der Waals surface area contributed by atoms with Gasteiger partial charge in [0, 0.05) is 100 Å². The second-order valence-electron chi connectivity index (χ2n) is 27.1. The number of benzene rings is 6. The Morgan fingerprint density at radius 3 is 1.10 bits per heavy atom. The van der Waals surface area contributed by atoms with Crippen molar-refractivity contribution in [1.29, 1.82) is 0 Å². The van der Waals surface area contributed by atoms with Crippen LogP contribution in [0.1, 0.15) is 166 Å². The molecule has 6 aromatic rings. The molecule has 1 aliphatic heterocycles. The molecule has 35 nitrogen and oxygen atoms in total. The SMILES string of the molecule is CC1(C)OB(C2=CCCC2)OC1(C)C.COCCl.COCOC(=O)c1cc(O)c(Br)c(OCOC)c1.COCOc1cc(C=O)cc(OCOC)c1Br.COCOc1cc(C=O)cc(OCOC)c1C1=CCCC1.COCOc1cc(C=O)cc(OCOC)c1C1CCCC1.COCOc1cc(CO)cc(OCOC)c1Br.O=C(O)c1cc(O)c(Br)c(O)c1.[O]=[Mn]=[O]. The van der Waals surface area contributed by atoms with Crippen molar-refractivity contribution in [2.24, 2.45) is 0 Å². The molecule has 1 heterocycles. The number of aldehydes is 3. The molecule has 1 saturated heterocycles. The number of hydrogen-bond acceptors (Lipinski definition) is 34. The first-order valence-corrected chi connectivity index (χ1v) is 42.9. The number of hydrogen-bond donors (Lipinski definition) is 5. The number of methoxy groups -OCH3 is 11. The molecule has 127 heavy (non-hydrogen) atoms. The first-order chi connectivity index (χ1) is 60.9. The van der Waals surface area contributed by atoms with E-state index in [1.165, 1.54) is 91.5 Å². The minimum atomic E-state index is -1.44. The van der Waals surface area contributed by atoms with Gasteiger partial charge < -0.3 is 134 Å². The van der Waals surface area contributed by atoms with Crippen LogP contribution < -0.4 is 42.6 Å². The summed E-state index contributed by atoms with van der Waals surface area (Å²) in [6, 6.07) is 18.6. The summed E-state index contributed by atoms with van der Waals surface area (Å²) in [5.41, 5.74) is 6.17. The van der Waals surface area contributed by atoms with Gasteiger partial charge >= 0.3 is 41.5 Å². The van der Waals surface area contributed by atoms with Crippen LogP contribution >= 0.6 is 75.3 Å². The van der Waals surface area contributed by atoms with Crippen LogP contribution in [0.4, 0.5) is 0 Å². The summed E-state index contributed by atoms with van der Waals surface area (Å²) >= 11 is 16.2. The van der Waals surface area contributed by atoms with Crippen LogP contribution in [0.25, 0.3) is 5.57 Å². The maximum absolute atomic E-state index is 11.6. The van der Waals surface area contributed by atoms with Crippen molar-refractivity contribution >= 4 is 119 Å². The second-order valence-corrected chi connectivity index (χ2v) is 30.7. The molecule has 0 radical (unpaired) electrons. The fourth-order valence-electron chi connectivity index (χ4n) is 11.2. The number of aromatic carboxylic acids is 1. The number of aliphatic hydroxyl groups is 1. The van der Waals surface area contributed by atoms with Crippen molar-refractivity contribution in [2.45, 2.75) is 116 Å². The van der Waals surface area contributed by atoms with E-state index in [2.05, 4.69) is 113 Å². The van der Waals surface area contributed by atoms with Crippen LogP contribution in [-0.2, 0) is 95.2 Å². The van der Waals surface area contributed by atoms with E-state index in [0.29, 0.717) is 99.9 Å². The van der Waals surface area contributed by atoms with Crippen molar-refractivity contribution in [1.82, 2.24) is 0 Å². The van der Waals surface area contributed by atoms with Gasteiger partial charge in [0.1, 0.15) is 112 Å². The van der Waals surface area contributed by atoms with Crippen molar-refractivity contribution in [3.63, 3.8) is 0 Å². The molecule has 42 heteroatoms. The molecular formula is C85H112BBr4ClMnO35. The fourth-order valence-corrected chi connectivity index (χ4v) is 12.7. The third-order valence-corrected chi connectivity index (χ3v) is 21.0. The summed E-state index contributed by atoms with van der Waals surface area (Å²) in [5.74, 6) is 2.69. The first-order valence-electron chi connectivity index (χ1n) is 38.3. The molecule has 3 aliphatic carbocycles. The predicted octanol–water partition coefficient (Wildman–Crippen LogP) is 17.1. The number of esters is 1. The molecule has 2 fully saturated rings. The first kappa shape index (κ1) is 115. The van der Waals surface area contributed by atoms with Crippen LogP contribution in [0.2, 0.25) is 0 Å². The number of alkyl halides is 1. The Hall–Kier alpha value is -7.82.